The molecule has 0 aromatic rings. The van der Waals surface area contributed by atoms with Gasteiger partial charge < -0.3 is 10.2 Å². The number of hydrogen-bond donors (Lipinski definition) is 1. The Labute approximate surface area is 130 Å². The van der Waals surface area contributed by atoms with Gasteiger partial charge in [0, 0.05) is 31.6 Å². The summed E-state index contributed by atoms with van der Waals surface area (Å²) >= 11 is 0. The van der Waals surface area contributed by atoms with Crippen LogP contribution in [0.1, 0.15) is 78.1 Å². The third-order valence-electron chi connectivity index (χ3n) is 5.09. The summed E-state index contributed by atoms with van der Waals surface area (Å²) in [5, 5.41) is 3.83. The first kappa shape index (κ1) is 16.8. The third-order valence-corrected chi connectivity index (χ3v) is 5.09. The van der Waals surface area contributed by atoms with Crippen molar-refractivity contribution in [2.24, 2.45) is 5.92 Å². The molecule has 0 aromatic carbocycles. The van der Waals surface area contributed by atoms with E-state index in [2.05, 4.69) is 24.1 Å². The largest absolute Gasteiger partial charge is 0.343 e. The van der Waals surface area contributed by atoms with Gasteiger partial charge in [0.2, 0.25) is 5.91 Å². The number of nitrogens with one attached hydrogen (secondary N) is 1. The highest BCUT2D eigenvalue weighted by Crippen LogP contribution is 2.20. The maximum Gasteiger partial charge on any atom is 0.222 e. The van der Waals surface area contributed by atoms with E-state index in [-0.39, 0.29) is 0 Å². The molecule has 122 valence electrons. The molecule has 2 aliphatic rings. The van der Waals surface area contributed by atoms with Crippen molar-refractivity contribution in [3.8, 4) is 0 Å². The first-order valence-corrected chi connectivity index (χ1v) is 9.19. The van der Waals surface area contributed by atoms with Crippen LogP contribution < -0.4 is 5.32 Å². The molecule has 1 amide bonds. The summed E-state index contributed by atoms with van der Waals surface area (Å²) in [6.07, 6.45) is 12.1. The Morgan fingerprint density at radius 2 is 1.81 bits per heavy atom. The quantitative estimate of drug-likeness (QED) is 0.809. The molecule has 1 atom stereocenters. The van der Waals surface area contributed by atoms with Crippen LogP contribution >= 0.6 is 0 Å². The highest BCUT2D eigenvalue weighted by molar-refractivity contribution is 5.76. The Morgan fingerprint density at radius 3 is 2.52 bits per heavy atom. The fraction of sp³-hybridized carbons (Fsp3) is 0.944. The summed E-state index contributed by atoms with van der Waals surface area (Å²) < 4.78 is 0. The molecule has 21 heavy (non-hydrogen) atoms. The lowest BCUT2D eigenvalue weighted by Crippen LogP contribution is -2.40. The first-order valence-electron chi connectivity index (χ1n) is 9.19. The molecular formula is C18H34N2O. The summed E-state index contributed by atoms with van der Waals surface area (Å²) in [6, 6.07) is 1.28. The lowest BCUT2D eigenvalue weighted by molar-refractivity contribution is -0.130. The van der Waals surface area contributed by atoms with Gasteiger partial charge in [0.25, 0.3) is 0 Å². The van der Waals surface area contributed by atoms with Gasteiger partial charge in [-0.25, -0.2) is 0 Å². The van der Waals surface area contributed by atoms with Crippen LogP contribution in [0.5, 0.6) is 0 Å². The molecule has 2 fully saturated rings. The number of amides is 1. The molecular weight excluding hydrogens is 260 g/mol. The van der Waals surface area contributed by atoms with E-state index in [4.69, 9.17) is 0 Å². The lowest BCUT2D eigenvalue weighted by atomic mass is 9.94. The molecule has 0 aromatic heterocycles. The molecule has 1 unspecified atom stereocenters. The van der Waals surface area contributed by atoms with Gasteiger partial charge in [-0.15, -0.1) is 0 Å². The van der Waals surface area contributed by atoms with Gasteiger partial charge in [0.15, 0.2) is 0 Å². The topological polar surface area (TPSA) is 32.3 Å². The minimum Gasteiger partial charge on any atom is -0.343 e. The van der Waals surface area contributed by atoms with Crippen LogP contribution in [0.3, 0.4) is 0 Å². The van der Waals surface area contributed by atoms with Gasteiger partial charge in [-0.2, -0.15) is 0 Å². The van der Waals surface area contributed by atoms with Gasteiger partial charge in [0.1, 0.15) is 0 Å². The second-order valence-corrected chi connectivity index (χ2v) is 7.44. The van der Waals surface area contributed by atoms with Gasteiger partial charge in [-0.05, 0) is 44.4 Å². The molecule has 0 bridgehead atoms. The smallest absolute Gasteiger partial charge is 0.222 e. The number of nitrogens with zero attached hydrogens (tertiary/aromatic N) is 1. The normalized spacial score (nSPS) is 25.4. The van der Waals surface area contributed by atoms with Crippen molar-refractivity contribution in [2.45, 2.75) is 90.1 Å². The van der Waals surface area contributed by atoms with Crippen LogP contribution in [-0.2, 0) is 4.79 Å². The Kier molecular flexibility index (Phi) is 7.01. The summed E-state index contributed by atoms with van der Waals surface area (Å²) in [5.74, 6) is 1.12. The molecule has 3 nitrogen and oxygen atoms in total. The zero-order valence-electron chi connectivity index (χ0n) is 14.1. The van der Waals surface area contributed by atoms with Crippen molar-refractivity contribution in [3.63, 3.8) is 0 Å². The molecule has 0 spiro atoms. The van der Waals surface area contributed by atoms with Crippen LogP contribution in [-0.4, -0.2) is 36.0 Å². The predicted molar refractivity (Wildman–Crippen MR) is 88.3 cm³/mol. The number of hydrogen-bond acceptors (Lipinski definition) is 2. The fourth-order valence-electron chi connectivity index (χ4n) is 3.73. The van der Waals surface area contributed by atoms with E-state index in [9.17, 15) is 4.79 Å². The van der Waals surface area contributed by atoms with Crippen LogP contribution in [0.15, 0.2) is 0 Å². The average Bonchev–Trinajstić information content (AvgIpc) is 2.63. The summed E-state index contributed by atoms with van der Waals surface area (Å²) in [5.41, 5.74) is 0. The van der Waals surface area contributed by atoms with Crippen molar-refractivity contribution in [3.05, 3.63) is 0 Å². The second-order valence-electron chi connectivity index (χ2n) is 7.44. The number of carbonyl (C=O) groups is 1. The van der Waals surface area contributed by atoms with Crippen molar-refractivity contribution < 1.29 is 4.79 Å². The van der Waals surface area contributed by atoms with Crippen molar-refractivity contribution >= 4 is 5.91 Å². The van der Waals surface area contributed by atoms with Gasteiger partial charge >= 0.3 is 0 Å². The van der Waals surface area contributed by atoms with Crippen LogP contribution in [0.2, 0.25) is 0 Å². The zero-order chi connectivity index (χ0) is 15.1. The molecule has 1 N–H and O–H groups in total. The molecule has 1 heterocycles. The Balaban J connectivity index is 1.72. The maximum atomic E-state index is 12.2. The van der Waals surface area contributed by atoms with E-state index in [1.807, 2.05) is 0 Å². The lowest BCUT2D eigenvalue weighted by Gasteiger charge is -2.28. The summed E-state index contributed by atoms with van der Waals surface area (Å²) in [6.45, 7) is 6.44. The van der Waals surface area contributed by atoms with Gasteiger partial charge in [0.05, 0.1) is 0 Å². The molecule has 2 rings (SSSR count). The molecule has 1 saturated heterocycles. The van der Waals surface area contributed by atoms with E-state index < -0.39 is 0 Å². The summed E-state index contributed by atoms with van der Waals surface area (Å²) in [7, 11) is 0. The van der Waals surface area contributed by atoms with E-state index in [0.29, 0.717) is 18.0 Å². The predicted octanol–water partition coefficient (Wildman–Crippen LogP) is 3.73. The number of likely N-dealkylation sites (tertiary alicyclic amines) is 1. The standard InChI is InChI=1S/C18H34N2O/c1-15(2)7-6-13-20-14-12-17(10-11-18(20)21)19-16-8-4-3-5-9-16/h15-17,19H,3-14H2,1-2H3. The van der Waals surface area contributed by atoms with Crippen LogP contribution in [0, 0.1) is 5.92 Å². The molecule has 3 heteroatoms. The molecule has 1 saturated carbocycles. The Bertz CT molecular complexity index is 310. The van der Waals surface area contributed by atoms with E-state index >= 15 is 0 Å². The second kappa shape index (κ2) is 8.77. The third kappa shape index (κ3) is 5.98. The van der Waals surface area contributed by atoms with E-state index in [1.54, 1.807) is 0 Å². The van der Waals surface area contributed by atoms with Crippen molar-refractivity contribution in [2.75, 3.05) is 13.1 Å². The first-order chi connectivity index (χ1) is 10.1. The van der Waals surface area contributed by atoms with Crippen molar-refractivity contribution in [1.29, 1.82) is 0 Å². The van der Waals surface area contributed by atoms with Gasteiger partial charge in [-0.3, -0.25) is 4.79 Å². The highest BCUT2D eigenvalue weighted by Gasteiger charge is 2.24. The monoisotopic (exact) mass is 294 g/mol. The van der Waals surface area contributed by atoms with Gasteiger partial charge in [-0.1, -0.05) is 33.1 Å². The SMILES string of the molecule is CC(C)CCCN1CCC(NC2CCCCC2)CCC1=O. The Morgan fingerprint density at radius 1 is 1.10 bits per heavy atom. The van der Waals surface area contributed by atoms with Crippen LogP contribution in [0.25, 0.3) is 0 Å². The number of rotatable bonds is 6. The Hall–Kier alpha value is -0.570. The molecule has 0 radical (unpaired) electrons. The highest BCUT2D eigenvalue weighted by atomic mass is 16.2. The fourth-order valence-corrected chi connectivity index (χ4v) is 3.73. The van der Waals surface area contributed by atoms with Crippen LogP contribution in [0.4, 0.5) is 0 Å². The van der Waals surface area contributed by atoms with E-state index in [0.717, 1.165) is 44.7 Å². The molecule has 1 aliphatic carbocycles. The minimum atomic E-state index is 0.381. The maximum absolute atomic E-state index is 12.2. The summed E-state index contributed by atoms with van der Waals surface area (Å²) in [4.78, 5) is 14.3. The number of carbonyl (C=O) groups excluding carboxylic acids is 1. The molecule has 1 aliphatic heterocycles. The average molecular weight is 294 g/mol. The van der Waals surface area contributed by atoms with Crippen molar-refractivity contribution in [1.82, 2.24) is 10.2 Å². The van der Waals surface area contributed by atoms with E-state index in [1.165, 1.54) is 38.5 Å². The zero-order valence-corrected chi connectivity index (χ0v) is 14.1. The minimum absolute atomic E-state index is 0.381.